The lowest BCUT2D eigenvalue weighted by Gasteiger charge is -2.06. The molecule has 19 heavy (non-hydrogen) atoms. The Morgan fingerprint density at radius 3 is 2.89 bits per heavy atom. The normalized spacial score (nSPS) is 11.4. The number of nitrogens with zero attached hydrogens (tertiary/aromatic N) is 2. The average Bonchev–Trinajstić information content (AvgIpc) is 3.00. The molecule has 92 valence electrons. The third-order valence-electron chi connectivity index (χ3n) is 3.28. The molecule has 0 radical (unpaired) electrons. The molecule has 3 nitrogen and oxygen atoms in total. The number of rotatable bonds is 1. The smallest absolute Gasteiger partial charge is 0.205 e. The van der Waals surface area contributed by atoms with E-state index in [0.29, 0.717) is 5.95 Å². The summed E-state index contributed by atoms with van der Waals surface area (Å²) in [5, 5.41) is 3.34. The molecule has 0 spiro atoms. The summed E-state index contributed by atoms with van der Waals surface area (Å²) in [5.74, 6) is 0.524. The van der Waals surface area contributed by atoms with Crippen LogP contribution in [0.4, 0.5) is 5.95 Å². The Hall–Kier alpha value is -2.33. The van der Waals surface area contributed by atoms with Crippen LogP contribution >= 0.6 is 11.3 Å². The Morgan fingerprint density at radius 1 is 1.05 bits per heavy atom. The minimum atomic E-state index is 0.524. The second-order valence-corrected chi connectivity index (χ2v) is 5.38. The van der Waals surface area contributed by atoms with Gasteiger partial charge in [0.25, 0.3) is 0 Å². The number of aromatic nitrogens is 2. The number of nitrogen functional groups attached to an aromatic ring is 1. The Kier molecular flexibility index (Phi) is 2.13. The first-order valence-electron chi connectivity index (χ1n) is 6.03. The zero-order valence-corrected chi connectivity index (χ0v) is 10.9. The molecule has 2 N–H and O–H groups in total. The summed E-state index contributed by atoms with van der Waals surface area (Å²) in [5.41, 5.74) is 9.07. The van der Waals surface area contributed by atoms with Crippen LogP contribution in [0.2, 0.25) is 0 Å². The number of nitrogens with two attached hydrogens (primary N) is 1. The maximum atomic E-state index is 6.06. The van der Waals surface area contributed by atoms with Crippen LogP contribution in [0.15, 0.2) is 53.9 Å². The van der Waals surface area contributed by atoms with Gasteiger partial charge in [0.1, 0.15) is 0 Å². The summed E-state index contributed by atoms with van der Waals surface area (Å²) in [6, 6.07) is 16.5. The van der Waals surface area contributed by atoms with Gasteiger partial charge in [-0.1, -0.05) is 12.1 Å². The number of imidazole rings is 1. The summed E-state index contributed by atoms with van der Waals surface area (Å²) < 4.78 is 3.28. The molecule has 0 saturated heterocycles. The van der Waals surface area contributed by atoms with Gasteiger partial charge in [0.15, 0.2) is 0 Å². The molecule has 4 rings (SSSR count). The Bertz CT molecular complexity index is 889. The van der Waals surface area contributed by atoms with E-state index < -0.39 is 0 Å². The molecule has 4 heteroatoms. The molecule has 0 fully saturated rings. The molecule has 0 aliphatic carbocycles. The molecule has 0 amide bonds. The topological polar surface area (TPSA) is 43.8 Å². The molecule has 0 unspecified atom stereocenters. The summed E-state index contributed by atoms with van der Waals surface area (Å²) in [6.45, 7) is 0. The SMILES string of the molecule is Nc1nc2ccccc2n1-c1ccc2sccc2c1. The first-order chi connectivity index (χ1) is 9.33. The van der Waals surface area contributed by atoms with Crippen LogP contribution in [0.3, 0.4) is 0 Å². The number of fused-ring (bicyclic) bond motifs is 2. The fraction of sp³-hybridized carbons (Fsp3) is 0. The van der Waals surface area contributed by atoms with Gasteiger partial charge in [-0.3, -0.25) is 4.57 Å². The minimum Gasteiger partial charge on any atom is -0.369 e. The third kappa shape index (κ3) is 1.54. The van der Waals surface area contributed by atoms with E-state index in [0.717, 1.165) is 16.7 Å². The van der Waals surface area contributed by atoms with Gasteiger partial charge in [-0.25, -0.2) is 4.98 Å². The van der Waals surface area contributed by atoms with Crippen molar-refractivity contribution in [3.05, 3.63) is 53.9 Å². The zero-order valence-electron chi connectivity index (χ0n) is 10.1. The molecular formula is C15H11N3S. The molecule has 0 atom stereocenters. The molecule has 2 aromatic heterocycles. The van der Waals surface area contributed by atoms with Crippen LogP contribution in [0.25, 0.3) is 26.8 Å². The highest BCUT2D eigenvalue weighted by Gasteiger charge is 2.09. The quantitative estimate of drug-likeness (QED) is 0.568. The van der Waals surface area contributed by atoms with E-state index in [-0.39, 0.29) is 0 Å². The molecular weight excluding hydrogens is 254 g/mol. The van der Waals surface area contributed by atoms with Crippen molar-refractivity contribution >= 4 is 38.4 Å². The van der Waals surface area contributed by atoms with E-state index in [1.165, 1.54) is 10.1 Å². The summed E-state index contributed by atoms with van der Waals surface area (Å²) in [7, 11) is 0. The van der Waals surface area contributed by atoms with Crippen molar-refractivity contribution in [2.75, 3.05) is 5.73 Å². The first-order valence-corrected chi connectivity index (χ1v) is 6.91. The number of anilines is 1. The van der Waals surface area contributed by atoms with Gasteiger partial charge in [-0.05, 0) is 47.2 Å². The highest BCUT2D eigenvalue weighted by atomic mass is 32.1. The van der Waals surface area contributed by atoms with Gasteiger partial charge >= 0.3 is 0 Å². The lowest BCUT2D eigenvalue weighted by Crippen LogP contribution is -2.00. The van der Waals surface area contributed by atoms with Crippen LogP contribution in [0.5, 0.6) is 0 Å². The molecule has 2 aromatic carbocycles. The highest BCUT2D eigenvalue weighted by molar-refractivity contribution is 7.17. The molecule has 0 bridgehead atoms. The van der Waals surface area contributed by atoms with Crippen LogP contribution < -0.4 is 5.73 Å². The molecule has 0 aliphatic rings. The number of hydrogen-bond acceptors (Lipinski definition) is 3. The van der Waals surface area contributed by atoms with Crippen molar-refractivity contribution < 1.29 is 0 Å². The zero-order chi connectivity index (χ0) is 12.8. The second-order valence-electron chi connectivity index (χ2n) is 4.44. The lowest BCUT2D eigenvalue weighted by atomic mass is 10.2. The second kappa shape index (κ2) is 3.83. The third-order valence-corrected chi connectivity index (χ3v) is 4.18. The van der Waals surface area contributed by atoms with E-state index >= 15 is 0 Å². The molecule has 0 saturated carbocycles. The van der Waals surface area contributed by atoms with Crippen molar-refractivity contribution in [2.24, 2.45) is 0 Å². The lowest BCUT2D eigenvalue weighted by molar-refractivity contribution is 1.11. The van der Waals surface area contributed by atoms with Crippen LogP contribution in [0, 0.1) is 0 Å². The molecule has 2 heterocycles. The van der Waals surface area contributed by atoms with Crippen LogP contribution in [0.1, 0.15) is 0 Å². The average molecular weight is 265 g/mol. The van der Waals surface area contributed by atoms with Crippen molar-refractivity contribution in [3.63, 3.8) is 0 Å². The van der Waals surface area contributed by atoms with Gasteiger partial charge in [0.05, 0.1) is 11.0 Å². The fourth-order valence-corrected chi connectivity index (χ4v) is 3.18. The molecule has 0 aliphatic heterocycles. The highest BCUT2D eigenvalue weighted by Crippen LogP contribution is 2.27. The molecule has 4 aromatic rings. The van der Waals surface area contributed by atoms with Crippen molar-refractivity contribution in [3.8, 4) is 5.69 Å². The Morgan fingerprint density at radius 2 is 1.95 bits per heavy atom. The van der Waals surface area contributed by atoms with E-state index in [4.69, 9.17) is 5.73 Å². The Labute approximate surface area is 113 Å². The van der Waals surface area contributed by atoms with E-state index in [1.807, 2.05) is 28.8 Å². The van der Waals surface area contributed by atoms with Gasteiger partial charge < -0.3 is 5.73 Å². The maximum Gasteiger partial charge on any atom is 0.205 e. The number of thiophene rings is 1. The number of benzene rings is 2. The van der Waals surface area contributed by atoms with Gasteiger partial charge in [0, 0.05) is 10.4 Å². The van der Waals surface area contributed by atoms with Crippen molar-refractivity contribution in [1.82, 2.24) is 9.55 Å². The monoisotopic (exact) mass is 265 g/mol. The van der Waals surface area contributed by atoms with Crippen molar-refractivity contribution in [1.29, 1.82) is 0 Å². The Balaban J connectivity index is 2.05. The summed E-state index contributed by atoms with van der Waals surface area (Å²) in [4.78, 5) is 4.40. The fourth-order valence-electron chi connectivity index (χ4n) is 2.41. The predicted molar refractivity (Wildman–Crippen MR) is 80.9 cm³/mol. The minimum absolute atomic E-state index is 0.524. The van der Waals surface area contributed by atoms with Crippen LogP contribution in [-0.4, -0.2) is 9.55 Å². The summed E-state index contributed by atoms with van der Waals surface area (Å²) in [6.07, 6.45) is 0. The van der Waals surface area contributed by atoms with Crippen LogP contribution in [-0.2, 0) is 0 Å². The van der Waals surface area contributed by atoms with Gasteiger partial charge in [0.2, 0.25) is 5.95 Å². The van der Waals surface area contributed by atoms with Gasteiger partial charge in [-0.15, -0.1) is 11.3 Å². The number of hydrogen-bond donors (Lipinski definition) is 1. The number of para-hydroxylation sites is 2. The standard InChI is InChI=1S/C15H11N3S/c16-15-17-12-3-1-2-4-13(12)18(15)11-5-6-14-10(9-11)7-8-19-14/h1-9H,(H2,16,17). The van der Waals surface area contributed by atoms with E-state index in [9.17, 15) is 0 Å². The van der Waals surface area contributed by atoms with Gasteiger partial charge in [-0.2, -0.15) is 0 Å². The van der Waals surface area contributed by atoms with E-state index in [2.05, 4.69) is 34.6 Å². The maximum absolute atomic E-state index is 6.06. The largest absolute Gasteiger partial charge is 0.369 e. The predicted octanol–water partition coefficient (Wildman–Crippen LogP) is 3.82. The van der Waals surface area contributed by atoms with E-state index in [1.54, 1.807) is 11.3 Å². The first kappa shape index (κ1) is 10.6. The summed E-state index contributed by atoms with van der Waals surface area (Å²) >= 11 is 1.74. The van der Waals surface area contributed by atoms with Crippen molar-refractivity contribution in [2.45, 2.75) is 0 Å².